The smallest absolute Gasteiger partial charge is 0.258 e. The van der Waals surface area contributed by atoms with E-state index in [1.807, 2.05) is 36.4 Å². The van der Waals surface area contributed by atoms with Crippen molar-refractivity contribution >= 4 is 29.0 Å². The highest BCUT2D eigenvalue weighted by atomic mass is 32.2. The molecule has 3 aromatic carbocycles. The van der Waals surface area contributed by atoms with Crippen LogP contribution in [-0.4, -0.2) is 15.6 Å². The van der Waals surface area contributed by atoms with E-state index in [2.05, 4.69) is 24.3 Å². The number of nitrogens with zero attached hydrogens (tertiary/aromatic N) is 3. The molecule has 0 heterocycles. The van der Waals surface area contributed by atoms with Crippen LogP contribution < -0.4 is 0 Å². The molecule has 3 aromatic rings. The minimum Gasteiger partial charge on any atom is -0.258 e. The lowest BCUT2D eigenvalue weighted by Gasteiger charge is -2.31. The van der Waals surface area contributed by atoms with Gasteiger partial charge in [0, 0.05) is 23.7 Å². The minimum absolute atomic E-state index is 0.282. The molecule has 0 bridgehead atoms. The van der Waals surface area contributed by atoms with Crippen molar-refractivity contribution in [2.75, 3.05) is 0 Å². The maximum atomic E-state index is 11.5. The monoisotopic (exact) mass is 433 g/mol. The molecule has 7 nitrogen and oxygen atoms in total. The topological polar surface area (TPSA) is 98.6 Å². The summed E-state index contributed by atoms with van der Waals surface area (Å²) in [4.78, 5) is 21.5. The predicted molar refractivity (Wildman–Crippen MR) is 121 cm³/mol. The summed E-state index contributed by atoms with van der Waals surface area (Å²) in [5.41, 5.74) is 2.19. The third-order valence-corrected chi connectivity index (χ3v) is 6.45. The first-order valence-electron chi connectivity index (χ1n) is 9.80. The van der Waals surface area contributed by atoms with Crippen molar-refractivity contribution in [3.8, 4) is 0 Å². The molecule has 156 valence electrons. The lowest BCUT2D eigenvalue weighted by Crippen LogP contribution is -2.32. The number of nitro groups is 2. The Hall–Kier alpha value is -3.52. The van der Waals surface area contributed by atoms with E-state index in [9.17, 15) is 20.2 Å². The van der Waals surface area contributed by atoms with Crippen LogP contribution in [0.25, 0.3) is 0 Å². The highest BCUT2D eigenvalue weighted by Crippen LogP contribution is 2.46. The first kappa shape index (κ1) is 20.7. The molecule has 1 fully saturated rings. The van der Waals surface area contributed by atoms with Gasteiger partial charge in [-0.3, -0.25) is 20.2 Å². The zero-order valence-electron chi connectivity index (χ0n) is 16.5. The Morgan fingerprint density at radius 1 is 0.839 bits per heavy atom. The van der Waals surface area contributed by atoms with Crippen LogP contribution in [0, 0.1) is 20.2 Å². The van der Waals surface area contributed by atoms with E-state index in [1.165, 1.54) is 12.1 Å². The van der Waals surface area contributed by atoms with E-state index >= 15 is 0 Å². The molecule has 0 unspecified atom stereocenters. The average Bonchev–Trinajstić information content (AvgIpc) is 3.23. The quantitative estimate of drug-likeness (QED) is 0.265. The molecule has 0 aliphatic heterocycles. The van der Waals surface area contributed by atoms with Gasteiger partial charge >= 0.3 is 0 Å². The molecule has 0 amide bonds. The van der Waals surface area contributed by atoms with Gasteiger partial charge in [-0.2, -0.15) is 0 Å². The van der Waals surface area contributed by atoms with Gasteiger partial charge in [0.05, 0.1) is 21.3 Å². The van der Waals surface area contributed by atoms with E-state index < -0.39 is 15.3 Å². The Bertz CT molecular complexity index is 1110. The van der Waals surface area contributed by atoms with Gasteiger partial charge in [0.1, 0.15) is 4.90 Å². The van der Waals surface area contributed by atoms with Crippen LogP contribution in [0.1, 0.15) is 30.4 Å². The lowest BCUT2D eigenvalue weighted by atomic mass is 9.72. The van der Waals surface area contributed by atoms with Gasteiger partial charge in [0.25, 0.3) is 11.4 Å². The van der Waals surface area contributed by atoms with Crippen LogP contribution >= 0.6 is 11.9 Å². The van der Waals surface area contributed by atoms with E-state index in [4.69, 9.17) is 4.40 Å². The Morgan fingerprint density at radius 2 is 1.45 bits per heavy atom. The van der Waals surface area contributed by atoms with Crippen LogP contribution in [-0.2, 0) is 5.41 Å². The Morgan fingerprint density at radius 3 is 2.00 bits per heavy atom. The van der Waals surface area contributed by atoms with Gasteiger partial charge in [-0.25, -0.2) is 4.40 Å². The molecule has 0 N–H and O–H groups in total. The molecular weight excluding hydrogens is 414 g/mol. The highest BCUT2D eigenvalue weighted by Gasteiger charge is 2.43. The number of benzene rings is 3. The van der Waals surface area contributed by atoms with Gasteiger partial charge in [-0.05, 0) is 36.5 Å². The summed E-state index contributed by atoms with van der Waals surface area (Å²) in [6.07, 6.45) is 2.62. The number of nitro benzene ring substituents is 2. The molecule has 31 heavy (non-hydrogen) atoms. The summed E-state index contributed by atoms with van der Waals surface area (Å²) in [6, 6.07) is 24.0. The van der Waals surface area contributed by atoms with Crippen molar-refractivity contribution in [3.63, 3.8) is 0 Å². The van der Waals surface area contributed by atoms with Gasteiger partial charge in [0.15, 0.2) is 0 Å². The summed E-state index contributed by atoms with van der Waals surface area (Å²) in [6.45, 7) is 0. The summed E-state index contributed by atoms with van der Waals surface area (Å²) in [5.74, 6) is 0. The molecule has 0 radical (unpaired) electrons. The van der Waals surface area contributed by atoms with E-state index in [0.717, 1.165) is 54.1 Å². The average molecular weight is 433 g/mol. The lowest BCUT2D eigenvalue weighted by molar-refractivity contribution is -0.396. The van der Waals surface area contributed by atoms with Crippen molar-refractivity contribution in [1.82, 2.24) is 0 Å². The number of hydrogen-bond acceptors (Lipinski definition) is 6. The third-order valence-electron chi connectivity index (χ3n) is 5.60. The van der Waals surface area contributed by atoms with Crippen molar-refractivity contribution in [2.45, 2.75) is 29.6 Å². The molecule has 0 saturated heterocycles. The van der Waals surface area contributed by atoms with Crippen LogP contribution in [0.4, 0.5) is 11.4 Å². The SMILES string of the molecule is O=[N+]([O-])c1ccc(S/N=C2\CCCC2(c2ccccc2)c2ccccc2)c([N+](=O)[O-])c1. The summed E-state index contributed by atoms with van der Waals surface area (Å²) in [7, 11) is 0. The minimum atomic E-state index is -0.639. The fourth-order valence-corrected chi connectivity index (χ4v) is 4.99. The number of rotatable bonds is 6. The standard InChI is InChI=1S/C23H19N3O4S/c27-25(28)19-13-14-21(20(16-19)26(29)30)31-24-22-12-7-15-23(22,17-8-3-1-4-9-17)18-10-5-2-6-11-18/h1-6,8-11,13-14,16H,7,12,15H2/b24-22+. The third kappa shape index (κ3) is 3.94. The van der Waals surface area contributed by atoms with E-state index in [0.29, 0.717) is 0 Å². The largest absolute Gasteiger partial charge is 0.291 e. The predicted octanol–water partition coefficient (Wildman–Crippen LogP) is 6.12. The zero-order chi connectivity index (χ0) is 21.8. The normalized spacial score (nSPS) is 16.3. The Kier molecular flexibility index (Phi) is 5.81. The molecule has 1 aliphatic rings. The zero-order valence-corrected chi connectivity index (χ0v) is 17.3. The molecular formula is C23H19N3O4S. The maximum absolute atomic E-state index is 11.5. The summed E-state index contributed by atoms with van der Waals surface area (Å²) < 4.78 is 4.78. The van der Waals surface area contributed by atoms with Crippen molar-refractivity contribution in [2.24, 2.45) is 4.40 Å². The Balaban J connectivity index is 1.78. The molecule has 8 heteroatoms. The molecule has 1 saturated carbocycles. The van der Waals surface area contributed by atoms with Crippen LogP contribution in [0.5, 0.6) is 0 Å². The van der Waals surface area contributed by atoms with Gasteiger partial charge in [-0.15, -0.1) is 0 Å². The first-order valence-corrected chi connectivity index (χ1v) is 10.6. The fraction of sp³-hybridized carbons (Fsp3) is 0.174. The summed E-state index contributed by atoms with van der Waals surface area (Å²) >= 11 is 1.01. The van der Waals surface area contributed by atoms with Crippen molar-refractivity contribution in [1.29, 1.82) is 0 Å². The van der Waals surface area contributed by atoms with Crippen molar-refractivity contribution in [3.05, 3.63) is 110 Å². The van der Waals surface area contributed by atoms with Gasteiger partial charge < -0.3 is 0 Å². The second kappa shape index (κ2) is 8.69. The second-order valence-electron chi connectivity index (χ2n) is 7.29. The molecule has 1 aliphatic carbocycles. The Labute approximate surface area is 183 Å². The molecule has 0 aromatic heterocycles. The number of hydrogen-bond donors (Lipinski definition) is 0. The first-order chi connectivity index (χ1) is 15.0. The molecule has 4 rings (SSSR count). The fourth-order valence-electron chi connectivity index (χ4n) is 4.18. The summed E-state index contributed by atoms with van der Waals surface area (Å²) in [5, 5.41) is 22.5. The van der Waals surface area contributed by atoms with Gasteiger partial charge in [0.2, 0.25) is 0 Å². The van der Waals surface area contributed by atoms with Gasteiger partial charge in [-0.1, -0.05) is 60.7 Å². The number of non-ortho nitro benzene ring substituents is 1. The van der Waals surface area contributed by atoms with Crippen LogP contribution in [0.15, 0.2) is 88.2 Å². The molecule has 0 atom stereocenters. The van der Waals surface area contributed by atoms with E-state index in [-0.39, 0.29) is 16.3 Å². The van der Waals surface area contributed by atoms with Crippen LogP contribution in [0.3, 0.4) is 0 Å². The maximum Gasteiger partial charge on any atom is 0.291 e. The van der Waals surface area contributed by atoms with E-state index in [1.54, 1.807) is 0 Å². The highest BCUT2D eigenvalue weighted by molar-refractivity contribution is 7.98. The molecule has 0 spiro atoms. The van der Waals surface area contributed by atoms with Crippen molar-refractivity contribution < 1.29 is 9.85 Å². The van der Waals surface area contributed by atoms with Crippen LogP contribution in [0.2, 0.25) is 0 Å². The second-order valence-corrected chi connectivity index (χ2v) is 8.09.